The van der Waals surface area contributed by atoms with E-state index in [1.165, 1.54) is 17.7 Å². The Balaban J connectivity index is 1.50. The van der Waals surface area contributed by atoms with Crippen molar-refractivity contribution in [2.45, 2.75) is 38.8 Å². The lowest BCUT2D eigenvalue weighted by atomic mass is 10.0. The molecule has 1 unspecified atom stereocenters. The van der Waals surface area contributed by atoms with Gasteiger partial charge in [-0.1, -0.05) is 43.5 Å². The number of nitrogens with zero attached hydrogens (tertiary/aromatic N) is 4. The molecule has 4 rings (SSSR count). The summed E-state index contributed by atoms with van der Waals surface area (Å²) < 4.78 is 0.721. The summed E-state index contributed by atoms with van der Waals surface area (Å²) in [5.74, 6) is -0.509. The third-order valence-electron chi connectivity index (χ3n) is 5.78. The molecule has 0 radical (unpaired) electrons. The van der Waals surface area contributed by atoms with Crippen LogP contribution < -0.4 is 5.73 Å². The average Bonchev–Trinajstić information content (AvgIpc) is 3.22. The number of aromatic nitrogens is 2. The second kappa shape index (κ2) is 10.3. The monoisotopic (exact) mass is 483 g/mol. The molecule has 1 saturated heterocycles. The van der Waals surface area contributed by atoms with E-state index in [-0.39, 0.29) is 6.04 Å². The number of nitrogen functional groups attached to an aromatic ring is 1. The number of hydrogen-bond donors (Lipinski definition) is 1. The molecule has 7 nitrogen and oxygen atoms in total. The maximum Gasteiger partial charge on any atom is 0.312 e. The first kappa shape index (κ1) is 23.2. The second-order valence-corrected chi connectivity index (χ2v) is 9.84. The van der Waals surface area contributed by atoms with Crippen molar-refractivity contribution in [3.8, 4) is 0 Å². The Morgan fingerprint density at radius 1 is 1.21 bits per heavy atom. The number of carbonyl (C=O) groups excluding carboxylic acids is 2. The van der Waals surface area contributed by atoms with Gasteiger partial charge in [-0.05, 0) is 42.3 Å². The lowest BCUT2D eigenvalue weighted by molar-refractivity contribution is -0.159. The predicted molar refractivity (Wildman–Crippen MR) is 133 cm³/mol. The third kappa shape index (κ3) is 5.34. The van der Waals surface area contributed by atoms with E-state index in [9.17, 15) is 9.59 Å². The van der Waals surface area contributed by atoms with Gasteiger partial charge in [-0.2, -0.15) is 0 Å². The number of halogens is 1. The fourth-order valence-corrected chi connectivity index (χ4v) is 5.05. The van der Waals surface area contributed by atoms with E-state index in [4.69, 9.17) is 17.3 Å². The van der Waals surface area contributed by atoms with Crippen LogP contribution in [0.3, 0.4) is 0 Å². The molecule has 0 aliphatic carbocycles. The first-order valence-corrected chi connectivity index (χ1v) is 12.2. The van der Waals surface area contributed by atoms with Crippen LogP contribution in [-0.2, 0) is 16.1 Å². The Morgan fingerprint density at radius 2 is 2.06 bits per heavy atom. The van der Waals surface area contributed by atoms with E-state index in [0.29, 0.717) is 25.5 Å². The number of nitrogens with two attached hydrogens (primary N) is 1. The number of anilines is 1. The van der Waals surface area contributed by atoms with Crippen molar-refractivity contribution in [3.05, 3.63) is 57.5 Å². The molecule has 2 N–H and O–H groups in total. The first-order valence-electron chi connectivity index (χ1n) is 11.0. The number of hydrogen-bond acceptors (Lipinski definition) is 6. The number of amides is 2. The Labute approximate surface area is 201 Å². The van der Waals surface area contributed by atoms with Gasteiger partial charge in [-0.3, -0.25) is 9.59 Å². The van der Waals surface area contributed by atoms with E-state index >= 15 is 0 Å². The van der Waals surface area contributed by atoms with Gasteiger partial charge in [0.25, 0.3) is 0 Å². The van der Waals surface area contributed by atoms with Gasteiger partial charge in [0.2, 0.25) is 0 Å². The van der Waals surface area contributed by atoms with Gasteiger partial charge < -0.3 is 15.5 Å². The van der Waals surface area contributed by atoms with Crippen LogP contribution in [0.2, 0.25) is 4.34 Å². The van der Waals surface area contributed by atoms with E-state index in [1.807, 2.05) is 42.5 Å². The van der Waals surface area contributed by atoms with Gasteiger partial charge in [0.15, 0.2) is 0 Å². The number of fused-ring (bicyclic) bond motifs is 1. The number of rotatable bonds is 8. The molecule has 1 aromatic carbocycles. The van der Waals surface area contributed by atoms with Crippen molar-refractivity contribution in [1.29, 1.82) is 0 Å². The number of unbranched alkanes of at least 4 members (excludes halogenated alkanes) is 1. The summed E-state index contributed by atoms with van der Waals surface area (Å²) in [5, 5.41) is 0.771. The third-order valence-corrected chi connectivity index (χ3v) is 6.97. The van der Waals surface area contributed by atoms with Crippen molar-refractivity contribution in [3.63, 3.8) is 0 Å². The molecule has 1 fully saturated rings. The summed E-state index contributed by atoms with van der Waals surface area (Å²) in [6.07, 6.45) is 8.17. The van der Waals surface area contributed by atoms with Crippen LogP contribution in [0.4, 0.5) is 5.82 Å². The summed E-state index contributed by atoms with van der Waals surface area (Å²) >= 11 is 7.47. The van der Waals surface area contributed by atoms with Crippen LogP contribution in [0.1, 0.15) is 36.6 Å². The fourth-order valence-electron chi connectivity index (χ4n) is 4.06. The van der Waals surface area contributed by atoms with Gasteiger partial charge in [0, 0.05) is 29.9 Å². The van der Waals surface area contributed by atoms with Gasteiger partial charge in [-0.15, -0.1) is 11.3 Å². The van der Waals surface area contributed by atoms with Crippen molar-refractivity contribution < 1.29 is 9.59 Å². The van der Waals surface area contributed by atoms with Gasteiger partial charge in [0.05, 0.1) is 15.9 Å². The number of thiophene rings is 1. The lowest BCUT2D eigenvalue weighted by Gasteiger charge is -2.40. The molecular weight excluding hydrogens is 458 g/mol. The molecule has 1 atom stereocenters. The highest BCUT2D eigenvalue weighted by molar-refractivity contribution is 7.16. The van der Waals surface area contributed by atoms with Gasteiger partial charge in [-0.25, -0.2) is 9.97 Å². The van der Waals surface area contributed by atoms with E-state index in [1.54, 1.807) is 9.80 Å². The summed E-state index contributed by atoms with van der Waals surface area (Å²) in [6, 6.07) is 9.42. The minimum Gasteiger partial charge on any atom is -0.383 e. The molecule has 2 amide bonds. The summed E-state index contributed by atoms with van der Waals surface area (Å²) in [6.45, 7) is 3.38. The van der Waals surface area contributed by atoms with Crippen molar-refractivity contribution in [1.82, 2.24) is 19.8 Å². The molecule has 9 heteroatoms. The predicted octanol–water partition coefficient (Wildman–Crippen LogP) is 4.37. The molecule has 0 spiro atoms. The number of piperazine rings is 1. The highest BCUT2D eigenvalue weighted by atomic mass is 35.5. The Bertz CT molecular complexity index is 1190. The molecule has 172 valence electrons. The summed E-state index contributed by atoms with van der Waals surface area (Å²) in [4.78, 5) is 38.7. The highest BCUT2D eigenvalue weighted by Crippen LogP contribution is 2.24. The Morgan fingerprint density at radius 3 is 2.82 bits per heavy atom. The van der Waals surface area contributed by atoms with E-state index in [2.05, 4.69) is 16.9 Å². The minimum atomic E-state index is -0.474. The quantitative estimate of drug-likeness (QED) is 0.480. The number of carbonyl (C=O) groups is 2. The van der Waals surface area contributed by atoms with Gasteiger partial charge >= 0.3 is 11.8 Å². The fraction of sp³-hybridized carbons (Fsp3) is 0.333. The van der Waals surface area contributed by atoms with Crippen LogP contribution >= 0.6 is 22.9 Å². The van der Waals surface area contributed by atoms with Crippen molar-refractivity contribution >= 4 is 57.5 Å². The maximum atomic E-state index is 13.0. The van der Waals surface area contributed by atoms with Crippen molar-refractivity contribution in [2.75, 3.05) is 18.8 Å². The topological polar surface area (TPSA) is 92.4 Å². The summed E-state index contributed by atoms with van der Waals surface area (Å²) in [5.41, 5.74) is 7.53. The minimum absolute atomic E-state index is 0.0230. The van der Waals surface area contributed by atoms with Crippen molar-refractivity contribution in [2.24, 2.45) is 0 Å². The molecule has 2 aromatic heterocycles. The SMILES string of the molecule is CCCCC1CN(Cc2ccc3c(N)ncnc3c2)C(=O)C(=O)N1C/C=C/c1ccc(Cl)s1. The molecule has 3 heterocycles. The Kier molecular flexibility index (Phi) is 7.25. The molecular formula is C24H26ClN5O2S. The van der Waals surface area contributed by atoms with Crippen LogP contribution in [-0.4, -0.2) is 50.7 Å². The zero-order chi connectivity index (χ0) is 23.4. The van der Waals surface area contributed by atoms with E-state index in [0.717, 1.165) is 44.9 Å². The zero-order valence-corrected chi connectivity index (χ0v) is 20.0. The lowest BCUT2D eigenvalue weighted by Crippen LogP contribution is -2.59. The van der Waals surface area contributed by atoms with Crippen LogP contribution in [0.15, 0.2) is 42.7 Å². The van der Waals surface area contributed by atoms with E-state index < -0.39 is 11.8 Å². The molecule has 1 aliphatic rings. The average molecular weight is 484 g/mol. The molecule has 0 saturated carbocycles. The number of benzene rings is 1. The normalized spacial score (nSPS) is 17.0. The summed E-state index contributed by atoms with van der Waals surface area (Å²) in [7, 11) is 0. The molecule has 3 aromatic rings. The van der Waals surface area contributed by atoms with Gasteiger partial charge in [0.1, 0.15) is 12.1 Å². The smallest absolute Gasteiger partial charge is 0.312 e. The first-order chi connectivity index (χ1) is 16.0. The standard InChI is InChI=1S/C24H26ClN5O2S/c1-2-3-5-17-14-29(13-16-7-9-19-20(12-16)27-15-28-22(19)26)23(31)24(32)30(17)11-4-6-18-8-10-21(25)33-18/h4,6-10,12,15,17H,2-3,5,11,13-14H2,1H3,(H2,26,27,28)/b6-4+. The largest absolute Gasteiger partial charge is 0.383 e. The second-order valence-electron chi connectivity index (χ2n) is 8.09. The molecule has 1 aliphatic heterocycles. The maximum absolute atomic E-state index is 13.0. The molecule has 0 bridgehead atoms. The van der Waals surface area contributed by atoms with Crippen LogP contribution in [0, 0.1) is 0 Å². The molecule has 33 heavy (non-hydrogen) atoms. The van der Waals surface area contributed by atoms with Crippen LogP contribution in [0.25, 0.3) is 17.0 Å². The van der Waals surface area contributed by atoms with Crippen LogP contribution in [0.5, 0.6) is 0 Å². The zero-order valence-electron chi connectivity index (χ0n) is 18.4. The highest BCUT2D eigenvalue weighted by Gasteiger charge is 2.38. The Hall–Kier alpha value is -2.97.